The first-order valence-corrected chi connectivity index (χ1v) is 23.5. The van der Waals surface area contributed by atoms with Crippen molar-refractivity contribution in [3.8, 4) is 0 Å². The fourth-order valence-electron chi connectivity index (χ4n) is 10.8. The molecule has 0 radical (unpaired) electrons. The van der Waals surface area contributed by atoms with Crippen LogP contribution in [0, 0.1) is 0 Å². The molecular weight excluding hydrogens is 808 g/mol. The van der Waals surface area contributed by atoms with Gasteiger partial charge in [-0.05, 0) is 141 Å². The van der Waals surface area contributed by atoms with Crippen LogP contribution in [0.15, 0.2) is 107 Å². The molecule has 63 heavy (non-hydrogen) atoms. The van der Waals surface area contributed by atoms with Crippen molar-refractivity contribution >= 4 is 62.2 Å². The van der Waals surface area contributed by atoms with Crippen LogP contribution in [0.1, 0.15) is 131 Å². The monoisotopic (exact) mass is 867 g/mol. The van der Waals surface area contributed by atoms with Crippen LogP contribution in [0.5, 0.6) is 0 Å². The van der Waals surface area contributed by atoms with Gasteiger partial charge in [-0.2, -0.15) is 4.58 Å². The molecule has 0 N–H and O–H groups in total. The Bertz CT molecular complexity index is 2650. The summed E-state index contributed by atoms with van der Waals surface area (Å²) in [7, 11) is 0. The third-order valence-corrected chi connectivity index (χ3v) is 14.4. The highest BCUT2D eigenvalue weighted by Gasteiger charge is 2.46. The minimum Gasteiger partial charge on any atom is -0.432 e. The molecule has 0 aromatic heterocycles. The number of likely N-dealkylation sites (N-methyl/N-ethyl adjacent to an activating group) is 1. The van der Waals surface area contributed by atoms with Crippen LogP contribution < -0.4 is 4.90 Å². The normalized spacial score (nSPS) is 23.3. The van der Waals surface area contributed by atoms with Crippen LogP contribution >= 0.6 is 11.6 Å². The highest BCUT2D eigenvalue weighted by Crippen LogP contribution is 2.51. The second-order valence-electron chi connectivity index (χ2n) is 18.5. The summed E-state index contributed by atoms with van der Waals surface area (Å²) in [4.78, 5) is 29.4. The zero-order valence-electron chi connectivity index (χ0n) is 37.7. The van der Waals surface area contributed by atoms with Crippen molar-refractivity contribution in [3.63, 3.8) is 0 Å². The van der Waals surface area contributed by atoms with Gasteiger partial charge in [-0.3, -0.25) is 0 Å². The predicted molar refractivity (Wildman–Crippen MR) is 252 cm³/mol. The molecule has 2 atom stereocenters. The molecular formula is C54H60ClN2O6+. The number of halogens is 1. The van der Waals surface area contributed by atoms with Crippen LogP contribution in [0.25, 0.3) is 21.5 Å². The Morgan fingerprint density at radius 1 is 0.730 bits per heavy atom. The van der Waals surface area contributed by atoms with Crippen molar-refractivity contribution in [1.82, 2.24) is 0 Å². The smallest absolute Gasteiger partial charge is 0.341 e. The summed E-state index contributed by atoms with van der Waals surface area (Å²) < 4.78 is 25.5. The minimum atomic E-state index is -0.490. The van der Waals surface area contributed by atoms with E-state index in [1.165, 1.54) is 22.5 Å². The average Bonchev–Trinajstić information content (AvgIpc) is 3.66. The van der Waals surface area contributed by atoms with E-state index < -0.39 is 12.6 Å². The highest BCUT2D eigenvalue weighted by molar-refractivity contribution is 6.32. The Hall–Kier alpha value is -5.02. The van der Waals surface area contributed by atoms with E-state index in [0.717, 1.165) is 120 Å². The first-order valence-electron chi connectivity index (χ1n) is 23.1. The zero-order chi connectivity index (χ0) is 44.0. The van der Waals surface area contributed by atoms with Crippen LogP contribution in [-0.4, -0.2) is 61.1 Å². The quantitative estimate of drug-likeness (QED) is 0.122. The molecule has 5 aliphatic rings. The highest BCUT2D eigenvalue weighted by atomic mass is 35.5. The van der Waals surface area contributed by atoms with E-state index in [-0.39, 0.29) is 22.8 Å². The van der Waals surface area contributed by atoms with Crippen LogP contribution in [0.2, 0.25) is 0 Å². The number of carbonyl (C=O) groups is 2. The molecule has 2 fully saturated rings. The number of hydrogen-bond donors (Lipinski definition) is 0. The third kappa shape index (κ3) is 7.76. The number of carbonyl (C=O) groups excluding carboxylic acids is 2. The van der Waals surface area contributed by atoms with Gasteiger partial charge in [-0.1, -0.05) is 67.9 Å². The molecule has 0 saturated carbocycles. The minimum absolute atomic E-state index is 0.340. The van der Waals surface area contributed by atoms with Crippen LogP contribution in [0.3, 0.4) is 0 Å². The number of hydrogen-bond acceptors (Lipinski definition) is 7. The maximum absolute atomic E-state index is 13.5. The topological polar surface area (TPSA) is 77.3 Å². The molecule has 0 bridgehead atoms. The number of allylic oxidation sites excluding steroid dienone is 8. The van der Waals surface area contributed by atoms with Crippen molar-refractivity contribution in [2.24, 2.45) is 0 Å². The van der Waals surface area contributed by atoms with Crippen molar-refractivity contribution < 1.29 is 33.1 Å². The SMILES string of the molecule is CCN1C(=CC=C2CCCC(C=CC3=[N+](CC)c4ccc5c(C(=O)OC6CCCCO6)cccc5c4C3(C)C)=C2Cl)C(C)(C)c2c1ccc1c(C(=O)OC3CCCCO3)cccc21. The number of rotatable bonds is 9. The van der Waals surface area contributed by atoms with E-state index in [9.17, 15) is 9.59 Å². The van der Waals surface area contributed by atoms with E-state index in [2.05, 4.69) is 112 Å². The fraction of sp³-hybridized carbons (Fsp3) is 0.426. The van der Waals surface area contributed by atoms with Crippen molar-refractivity contribution in [2.75, 3.05) is 31.2 Å². The van der Waals surface area contributed by atoms with Gasteiger partial charge < -0.3 is 23.8 Å². The van der Waals surface area contributed by atoms with E-state index in [0.29, 0.717) is 24.3 Å². The molecule has 4 aromatic rings. The Morgan fingerprint density at radius 2 is 1.35 bits per heavy atom. The van der Waals surface area contributed by atoms with E-state index in [1.54, 1.807) is 0 Å². The van der Waals surface area contributed by atoms with Gasteiger partial charge in [-0.25, -0.2) is 9.59 Å². The standard InChI is InChI=1S/C54H60ClN2O6/c1-7-56-42-28-26-36-38(18-14-20-40(36)51(58)62-46-22-9-11-32-60-46)48(42)53(3,4)44(56)30-24-34-16-13-17-35(50(34)55)25-31-45-54(5,6)49-39-19-15-21-41(37(39)27-29-43(49)57(45)8-2)52(59)63-47-23-10-12-33-61-47/h14-15,18-21,24-31,46-47H,7-13,16-17,22-23,32-33H2,1-6H3/q+1. The van der Waals surface area contributed by atoms with Gasteiger partial charge in [0.1, 0.15) is 6.54 Å². The maximum Gasteiger partial charge on any atom is 0.341 e. The fourth-order valence-corrected chi connectivity index (χ4v) is 11.1. The van der Waals surface area contributed by atoms with Gasteiger partial charge >= 0.3 is 11.9 Å². The second kappa shape index (κ2) is 17.5. The zero-order valence-corrected chi connectivity index (χ0v) is 38.4. The van der Waals surface area contributed by atoms with Gasteiger partial charge in [-0.15, -0.1) is 0 Å². The Balaban J connectivity index is 1.000. The molecule has 0 amide bonds. The molecule has 8 nitrogen and oxygen atoms in total. The van der Waals surface area contributed by atoms with E-state index in [4.69, 9.17) is 30.5 Å². The molecule has 2 unspecified atom stereocenters. The molecule has 1 aliphatic carbocycles. The average molecular weight is 869 g/mol. The lowest BCUT2D eigenvalue weighted by Crippen LogP contribution is -2.28. The summed E-state index contributed by atoms with van der Waals surface area (Å²) in [6.07, 6.45) is 16.3. The molecule has 4 aliphatic heterocycles. The summed E-state index contributed by atoms with van der Waals surface area (Å²) in [5.41, 5.74) is 9.83. The summed E-state index contributed by atoms with van der Waals surface area (Å²) in [5, 5.41) is 4.72. The molecule has 4 heterocycles. The maximum atomic E-state index is 13.5. The van der Waals surface area contributed by atoms with Crippen molar-refractivity contribution in [3.05, 3.63) is 129 Å². The Kier molecular flexibility index (Phi) is 12.0. The second-order valence-corrected chi connectivity index (χ2v) is 18.9. The lowest BCUT2D eigenvalue weighted by Gasteiger charge is -2.26. The van der Waals surface area contributed by atoms with Crippen molar-refractivity contribution in [2.45, 2.75) is 123 Å². The van der Waals surface area contributed by atoms with Crippen LogP contribution in [-0.2, 0) is 29.8 Å². The summed E-state index contributed by atoms with van der Waals surface area (Å²) in [5.74, 6) is -0.679. The molecule has 328 valence electrons. The summed E-state index contributed by atoms with van der Waals surface area (Å²) in [6.45, 7) is 16.3. The van der Waals surface area contributed by atoms with E-state index >= 15 is 0 Å². The lowest BCUT2D eigenvalue weighted by atomic mass is 9.78. The summed E-state index contributed by atoms with van der Waals surface area (Å²) in [6, 6.07) is 20.4. The van der Waals surface area contributed by atoms with Crippen LogP contribution in [0.4, 0.5) is 11.4 Å². The van der Waals surface area contributed by atoms with Gasteiger partial charge in [0.05, 0.1) is 29.8 Å². The Morgan fingerprint density at radius 3 is 1.94 bits per heavy atom. The number of nitrogens with zero attached hydrogens (tertiary/aromatic N) is 2. The molecule has 0 spiro atoms. The Labute approximate surface area is 376 Å². The third-order valence-electron chi connectivity index (χ3n) is 13.9. The number of anilines is 1. The van der Waals surface area contributed by atoms with Crippen molar-refractivity contribution in [1.29, 1.82) is 0 Å². The number of esters is 2. The molecule has 9 heteroatoms. The molecule has 4 aromatic carbocycles. The summed E-state index contributed by atoms with van der Waals surface area (Å²) >= 11 is 7.36. The largest absolute Gasteiger partial charge is 0.432 e. The first-order chi connectivity index (χ1) is 30.4. The van der Waals surface area contributed by atoms with Gasteiger partial charge in [0.25, 0.3) is 0 Å². The van der Waals surface area contributed by atoms with Gasteiger partial charge in [0.15, 0.2) is 5.71 Å². The lowest BCUT2D eigenvalue weighted by molar-refractivity contribution is -0.433. The van der Waals surface area contributed by atoms with Gasteiger partial charge in [0, 0.05) is 58.9 Å². The first kappa shape index (κ1) is 43.2. The molecule has 9 rings (SSSR count). The number of ether oxygens (including phenoxy) is 4. The van der Waals surface area contributed by atoms with Gasteiger partial charge in [0.2, 0.25) is 18.3 Å². The predicted octanol–water partition coefficient (Wildman–Crippen LogP) is 12.6. The van der Waals surface area contributed by atoms with E-state index in [1.807, 2.05) is 24.3 Å². The number of benzene rings is 4. The molecule has 2 saturated heterocycles. The number of fused-ring (bicyclic) bond motifs is 6.